The van der Waals surface area contributed by atoms with Gasteiger partial charge >= 0.3 is 5.69 Å². The number of carbonyl (C=O) groups excluding carboxylic acids is 1. The van der Waals surface area contributed by atoms with E-state index in [-0.39, 0.29) is 23.7 Å². The Morgan fingerprint density at radius 3 is 2.00 bits per heavy atom. The number of hydrogen-bond acceptors (Lipinski definition) is 4. The van der Waals surface area contributed by atoms with E-state index >= 15 is 0 Å². The number of aromatic nitrogens is 2. The van der Waals surface area contributed by atoms with Gasteiger partial charge in [-0.1, -0.05) is 0 Å². The number of amides is 1. The van der Waals surface area contributed by atoms with Crippen molar-refractivity contribution in [2.45, 2.75) is 66.6 Å². The first-order chi connectivity index (χ1) is 9.59. The van der Waals surface area contributed by atoms with E-state index in [0.29, 0.717) is 11.4 Å². The van der Waals surface area contributed by atoms with Crippen LogP contribution in [0.4, 0.5) is 5.69 Å². The van der Waals surface area contributed by atoms with E-state index in [4.69, 9.17) is 0 Å². The molecule has 1 heterocycles. The zero-order valence-electron chi connectivity index (χ0n) is 13.7. The van der Waals surface area contributed by atoms with Crippen LogP contribution in [0.3, 0.4) is 0 Å². The van der Waals surface area contributed by atoms with E-state index in [1.54, 1.807) is 25.7 Å². The molecule has 0 aromatic carbocycles. The van der Waals surface area contributed by atoms with Gasteiger partial charge in [0.05, 0.1) is 4.92 Å². The Bertz CT molecular complexity index is 541. The monoisotopic (exact) mass is 296 g/mol. The SMILES string of the molecule is Cc1nn(C(C)C(=O)N(C(C)C)C(C)C)c(C)c1[N+](=O)[O-]. The van der Waals surface area contributed by atoms with E-state index in [1.165, 1.54) is 4.68 Å². The molecule has 7 heteroatoms. The van der Waals surface area contributed by atoms with Crippen LogP contribution in [0.5, 0.6) is 0 Å². The van der Waals surface area contributed by atoms with Crippen molar-refractivity contribution >= 4 is 11.6 Å². The summed E-state index contributed by atoms with van der Waals surface area (Å²) in [6, 6.07) is -0.444. The minimum Gasteiger partial charge on any atom is -0.336 e. The van der Waals surface area contributed by atoms with Crippen LogP contribution >= 0.6 is 0 Å². The lowest BCUT2D eigenvalue weighted by molar-refractivity contribution is -0.386. The molecule has 1 aromatic heterocycles. The summed E-state index contributed by atoms with van der Waals surface area (Å²) in [6.45, 7) is 12.7. The molecule has 0 fully saturated rings. The first-order valence-corrected chi connectivity index (χ1v) is 7.11. The average molecular weight is 296 g/mol. The molecule has 0 aliphatic rings. The molecule has 0 saturated heterocycles. The van der Waals surface area contributed by atoms with Gasteiger partial charge in [-0.2, -0.15) is 5.10 Å². The molecule has 0 aliphatic heterocycles. The lowest BCUT2D eigenvalue weighted by Gasteiger charge is -2.33. The van der Waals surface area contributed by atoms with Crippen molar-refractivity contribution in [2.24, 2.45) is 0 Å². The summed E-state index contributed by atoms with van der Waals surface area (Å²) in [4.78, 5) is 25.0. The van der Waals surface area contributed by atoms with Gasteiger partial charge in [-0.25, -0.2) is 0 Å². The predicted molar refractivity (Wildman–Crippen MR) is 80.2 cm³/mol. The number of hydrogen-bond donors (Lipinski definition) is 0. The zero-order chi connectivity index (χ0) is 16.5. The second-order valence-electron chi connectivity index (χ2n) is 5.83. The second kappa shape index (κ2) is 6.24. The number of rotatable bonds is 5. The fraction of sp³-hybridized carbons (Fsp3) is 0.714. The smallest absolute Gasteiger partial charge is 0.312 e. The van der Waals surface area contributed by atoms with Crippen molar-refractivity contribution in [1.29, 1.82) is 0 Å². The summed E-state index contributed by atoms with van der Waals surface area (Å²) >= 11 is 0. The maximum absolute atomic E-state index is 12.7. The van der Waals surface area contributed by atoms with Crippen LogP contribution in [0.25, 0.3) is 0 Å². The predicted octanol–water partition coefficient (Wildman–Crippen LogP) is 2.61. The highest BCUT2D eigenvalue weighted by molar-refractivity contribution is 5.80. The van der Waals surface area contributed by atoms with Gasteiger partial charge in [0.25, 0.3) is 0 Å². The maximum atomic E-state index is 12.7. The quantitative estimate of drug-likeness (QED) is 0.618. The number of nitrogens with zero attached hydrogens (tertiary/aromatic N) is 4. The fourth-order valence-electron chi connectivity index (χ4n) is 2.72. The first kappa shape index (κ1) is 17.1. The van der Waals surface area contributed by atoms with Crippen molar-refractivity contribution in [1.82, 2.24) is 14.7 Å². The Morgan fingerprint density at radius 1 is 1.19 bits per heavy atom. The molecule has 0 saturated carbocycles. The molecule has 1 rings (SSSR count). The summed E-state index contributed by atoms with van der Waals surface area (Å²) in [6.07, 6.45) is 0. The topological polar surface area (TPSA) is 81.3 Å². The minimum absolute atomic E-state index is 0.0182. The van der Waals surface area contributed by atoms with Crippen molar-refractivity contribution in [3.63, 3.8) is 0 Å². The fourth-order valence-corrected chi connectivity index (χ4v) is 2.72. The Labute approximate surface area is 125 Å². The zero-order valence-corrected chi connectivity index (χ0v) is 13.7. The molecular formula is C14H24N4O3. The molecule has 7 nitrogen and oxygen atoms in total. The highest BCUT2D eigenvalue weighted by Gasteiger charge is 2.31. The lowest BCUT2D eigenvalue weighted by Crippen LogP contribution is -2.45. The molecule has 1 amide bonds. The number of carbonyl (C=O) groups is 1. The van der Waals surface area contributed by atoms with Gasteiger partial charge in [-0.05, 0) is 48.5 Å². The van der Waals surface area contributed by atoms with Crippen LogP contribution in [-0.2, 0) is 4.79 Å². The average Bonchev–Trinajstić information content (AvgIpc) is 2.62. The van der Waals surface area contributed by atoms with Gasteiger partial charge in [0.1, 0.15) is 17.4 Å². The molecule has 118 valence electrons. The standard InChI is InChI=1S/C14H24N4O3/c1-8(2)16(9(3)4)14(19)12(7)17-11(6)13(18(20)21)10(5)15-17/h8-9,12H,1-7H3. The Kier molecular flexibility index (Phi) is 5.09. The summed E-state index contributed by atoms with van der Waals surface area (Å²) in [7, 11) is 0. The normalized spacial score (nSPS) is 12.8. The first-order valence-electron chi connectivity index (χ1n) is 7.11. The third-order valence-electron chi connectivity index (χ3n) is 3.56. The van der Waals surface area contributed by atoms with Gasteiger partial charge < -0.3 is 4.90 Å². The van der Waals surface area contributed by atoms with Gasteiger partial charge in [0.2, 0.25) is 5.91 Å². The molecule has 1 unspecified atom stereocenters. The van der Waals surface area contributed by atoms with E-state index in [1.807, 2.05) is 27.7 Å². The Balaban J connectivity index is 3.20. The summed E-state index contributed by atoms with van der Waals surface area (Å²) < 4.78 is 1.45. The van der Waals surface area contributed by atoms with Crippen LogP contribution in [0, 0.1) is 24.0 Å². The van der Waals surface area contributed by atoms with Crippen LogP contribution in [0.15, 0.2) is 0 Å². The highest BCUT2D eigenvalue weighted by Crippen LogP contribution is 2.26. The minimum atomic E-state index is -0.567. The molecule has 1 aromatic rings. The van der Waals surface area contributed by atoms with Crippen molar-refractivity contribution in [3.8, 4) is 0 Å². The van der Waals surface area contributed by atoms with Crippen molar-refractivity contribution in [2.75, 3.05) is 0 Å². The third-order valence-corrected chi connectivity index (χ3v) is 3.56. The highest BCUT2D eigenvalue weighted by atomic mass is 16.6. The van der Waals surface area contributed by atoms with E-state index < -0.39 is 11.0 Å². The van der Waals surface area contributed by atoms with E-state index in [0.717, 1.165) is 0 Å². The molecule has 0 N–H and O–H groups in total. The summed E-state index contributed by atoms with van der Waals surface area (Å²) in [5, 5.41) is 15.2. The van der Waals surface area contributed by atoms with Crippen LogP contribution in [0.2, 0.25) is 0 Å². The van der Waals surface area contributed by atoms with Crippen molar-refractivity contribution < 1.29 is 9.72 Å². The molecule has 0 aliphatic carbocycles. The van der Waals surface area contributed by atoms with Gasteiger partial charge in [0, 0.05) is 12.1 Å². The molecule has 0 bridgehead atoms. The third kappa shape index (κ3) is 3.22. The van der Waals surface area contributed by atoms with E-state index in [2.05, 4.69) is 5.10 Å². The Hall–Kier alpha value is -1.92. The molecule has 0 radical (unpaired) electrons. The maximum Gasteiger partial charge on any atom is 0.312 e. The van der Waals surface area contributed by atoms with E-state index in [9.17, 15) is 14.9 Å². The van der Waals surface area contributed by atoms with Crippen molar-refractivity contribution in [3.05, 3.63) is 21.5 Å². The van der Waals surface area contributed by atoms with Crippen LogP contribution in [0.1, 0.15) is 52.0 Å². The molecule has 21 heavy (non-hydrogen) atoms. The second-order valence-corrected chi connectivity index (χ2v) is 5.83. The van der Waals surface area contributed by atoms with Gasteiger partial charge in [0.15, 0.2) is 0 Å². The van der Waals surface area contributed by atoms with Crippen LogP contribution in [-0.4, -0.2) is 37.6 Å². The molecule has 0 spiro atoms. The molecular weight excluding hydrogens is 272 g/mol. The van der Waals surface area contributed by atoms with Crippen LogP contribution < -0.4 is 0 Å². The number of aryl methyl sites for hydroxylation is 1. The largest absolute Gasteiger partial charge is 0.336 e. The molecule has 1 atom stereocenters. The summed E-state index contributed by atoms with van der Waals surface area (Å²) in [5.41, 5.74) is 0.721. The number of nitro groups is 1. The van der Waals surface area contributed by atoms with Gasteiger partial charge in [-0.3, -0.25) is 19.6 Å². The van der Waals surface area contributed by atoms with Gasteiger partial charge in [-0.15, -0.1) is 0 Å². The summed E-state index contributed by atoms with van der Waals surface area (Å²) in [5.74, 6) is -0.0829. The lowest BCUT2D eigenvalue weighted by atomic mass is 10.1. The Morgan fingerprint density at radius 2 is 1.67 bits per heavy atom.